The maximum absolute atomic E-state index is 11.9. The zero-order chi connectivity index (χ0) is 14.4. The van der Waals surface area contributed by atoms with Gasteiger partial charge in [-0.1, -0.05) is 0 Å². The van der Waals surface area contributed by atoms with Crippen LogP contribution in [-0.2, 0) is 4.74 Å². The fraction of sp³-hybridized carbons (Fsp3) is 0.583. The lowest BCUT2D eigenvalue weighted by molar-refractivity contribution is 0.0960. The van der Waals surface area contributed by atoms with Gasteiger partial charge < -0.3 is 21.1 Å². The summed E-state index contributed by atoms with van der Waals surface area (Å²) in [5.41, 5.74) is 6.60. The molecule has 108 valence electrons. The molecule has 1 amide bonds. The van der Waals surface area contributed by atoms with Gasteiger partial charge in [0.05, 0.1) is 17.2 Å². The van der Waals surface area contributed by atoms with Crippen LogP contribution in [0.1, 0.15) is 23.5 Å². The molecular weight excluding hydrogens is 282 g/mol. The van der Waals surface area contributed by atoms with Gasteiger partial charge in [0, 0.05) is 19.7 Å². The predicted molar refractivity (Wildman–Crippen MR) is 83.5 cm³/mol. The first-order valence-corrected chi connectivity index (χ1v) is 8.09. The number of carbonyl (C=O) groups excluding carboxylic acids is 1. The molecule has 0 aliphatic carbocycles. The molecular formula is C12H21N3O2S2. The van der Waals surface area contributed by atoms with Crippen molar-refractivity contribution in [3.8, 4) is 0 Å². The number of methoxy groups -OCH3 is 1. The number of thioether (sulfide) groups is 1. The Labute approximate surface area is 122 Å². The van der Waals surface area contributed by atoms with Crippen molar-refractivity contribution in [3.05, 3.63) is 4.88 Å². The second kappa shape index (κ2) is 7.62. The Morgan fingerprint density at radius 3 is 2.79 bits per heavy atom. The molecule has 7 heteroatoms. The van der Waals surface area contributed by atoms with Gasteiger partial charge in [-0.2, -0.15) is 0 Å². The van der Waals surface area contributed by atoms with Gasteiger partial charge in [-0.15, -0.1) is 23.1 Å². The number of thiophene rings is 1. The van der Waals surface area contributed by atoms with Crippen LogP contribution < -0.4 is 16.4 Å². The van der Waals surface area contributed by atoms with E-state index in [1.807, 2.05) is 20.1 Å². The van der Waals surface area contributed by atoms with Crippen molar-refractivity contribution in [2.75, 3.05) is 37.6 Å². The molecule has 0 fully saturated rings. The quantitative estimate of drug-likeness (QED) is 0.674. The second-order valence-electron chi connectivity index (χ2n) is 4.07. The highest BCUT2D eigenvalue weighted by atomic mass is 32.2. The third-order valence-electron chi connectivity index (χ3n) is 2.44. The first-order chi connectivity index (χ1) is 9.04. The standard InChI is InChI=1S/C12H21N3O2S2/c1-5-14-11(16)9-8(13)10(18-4)12(19-9)15-7(2)6-17-3/h7,15H,5-6,13H2,1-4H3,(H,14,16). The molecule has 1 aromatic rings. The molecule has 0 bridgehead atoms. The van der Waals surface area contributed by atoms with Crippen LogP contribution >= 0.6 is 23.1 Å². The molecule has 0 radical (unpaired) electrons. The van der Waals surface area contributed by atoms with Gasteiger partial charge >= 0.3 is 0 Å². The summed E-state index contributed by atoms with van der Waals surface area (Å²) in [5, 5.41) is 7.04. The van der Waals surface area contributed by atoms with Gasteiger partial charge in [0.1, 0.15) is 9.88 Å². The Morgan fingerprint density at radius 2 is 2.26 bits per heavy atom. The fourth-order valence-electron chi connectivity index (χ4n) is 1.65. The summed E-state index contributed by atoms with van der Waals surface area (Å²) in [4.78, 5) is 13.4. The van der Waals surface area contributed by atoms with Crippen molar-refractivity contribution in [2.24, 2.45) is 0 Å². The van der Waals surface area contributed by atoms with Crippen molar-refractivity contribution in [1.29, 1.82) is 0 Å². The smallest absolute Gasteiger partial charge is 0.263 e. The molecule has 1 aromatic heterocycles. The molecule has 1 atom stereocenters. The van der Waals surface area contributed by atoms with E-state index >= 15 is 0 Å². The summed E-state index contributed by atoms with van der Waals surface area (Å²) in [6.07, 6.45) is 1.95. The summed E-state index contributed by atoms with van der Waals surface area (Å²) in [5.74, 6) is -0.118. The van der Waals surface area contributed by atoms with Gasteiger partial charge in [0.15, 0.2) is 0 Å². The lowest BCUT2D eigenvalue weighted by Crippen LogP contribution is -2.22. The number of ether oxygens (including phenoxy) is 1. The first-order valence-electron chi connectivity index (χ1n) is 6.05. The van der Waals surface area contributed by atoms with Crippen molar-refractivity contribution < 1.29 is 9.53 Å². The van der Waals surface area contributed by atoms with E-state index in [2.05, 4.69) is 10.6 Å². The van der Waals surface area contributed by atoms with Crippen molar-refractivity contribution in [1.82, 2.24) is 5.32 Å². The van der Waals surface area contributed by atoms with E-state index in [1.54, 1.807) is 18.9 Å². The van der Waals surface area contributed by atoms with Gasteiger partial charge in [-0.25, -0.2) is 0 Å². The zero-order valence-corrected chi connectivity index (χ0v) is 13.3. The van der Waals surface area contributed by atoms with E-state index in [0.717, 1.165) is 9.90 Å². The van der Waals surface area contributed by atoms with Crippen LogP contribution in [0.5, 0.6) is 0 Å². The molecule has 19 heavy (non-hydrogen) atoms. The van der Waals surface area contributed by atoms with E-state index in [4.69, 9.17) is 10.5 Å². The first kappa shape index (κ1) is 16.1. The zero-order valence-electron chi connectivity index (χ0n) is 11.7. The summed E-state index contributed by atoms with van der Waals surface area (Å²) in [7, 11) is 1.66. The Bertz CT molecular complexity index is 435. The molecule has 0 spiro atoms. The summed E-state index contributed by atoms with van der Waals surface area (Å²) in [6, 6.07) is 0.163. The van der Waals surface area contributed by atoms with Crippen LogP contribution in [-0.4, -0.2) is 38.5 Å². The van der Waals surface area contributed by atoms with Crippen molar-refractivity contribution in [2.45, 2.75) is 24.8 Å². The van der Waals surface area contributed by atoms with Crippen molar-refractivity contribution in [3.63, 3.8) is 0 Å². The number of nitrogen functional groups attached to an aromatic ring is 1. The fourth-order valence-corrected chi connectivity index (χ4v) is 3.70. The van der Waals surface area contributed by atoms with Gasteiger partial charge in [-0.05, 0) is 20.1 Å². The number of rotatable bonds is 7. The molecule has 0 aromatic carbocycles. The minimum absolute atomic E-state index is 0.118. The highest BCUT2D eigenvalue weighted by molar-refractivity contribution is 7.99. The molecule has 4 N–H and O–H groups in total. The van der Waals surface area contributed by atoms with Crippen LogP contribution in [0.15, 0.2) is 4.90 Å². The lowest BCUT2D eigenvalue weighted by atomic mass is 10.3. The minimum atomic E-state index is -0.118. The average Bonchev–Trinajstić information content (AvgIpc) is 2.66. The number of hydrogen-bond acceptors (Lipinski definition) is 6. The normalized spacial score (nSPS) is 12.2. The third kappa shape index (κ3) is 4.02. The highest BCUT2D eigenvalue weighted by Gasteiger charge is 2.21. The van der Waals surface area contributed by atoms with E-state index in [9.17, 15) is 4.79 Å². The number of carbonyl (C=O) groups is 1. The monoisotopic (exact) mass is 303 g/mol. The predicted octanol–water partition coefficient (Wildman–Crippen LogP) is 2.25. The molecule has 0 aliphatic heterocycles. The van der Waals surface area contributed by atoms with E-state index in [-0.39, 0.29) is 11.9 Å². The Hall–Kier alpha value is -0.920. The van der Waals surface area contributed by atoms with Crippen LogP contribution in [0.2, 0.25) is 0 Å². The topological polar surface area (TPSA) is 76.4 Å². The Kier molecular flexibility index (Phi) is 6.47. The van der Waals surface area contributed by atoms with E-state index < -0.39 is 0 Å². The number of anilines is 2. The maximum atomic E-state index is 11.9. The summed E-state index contributed by atoms with van der Waals surface area (Å²) >= 11 is 2.93. The summed E-state index contributed by atoms with van der Waals surface area (Å²) < 4.78 is 5.10. The molecule has 1 rings (SSSR count). The number of amides is 1. The molecule has 5 nitrogen and oxygen atoms in total. The minimum Gasteiger partial charge on any atom is -0.396 e. The van der Waals surface area contributed by atoms with Crippen LogP contribution in [0.25, 0.3) is 0 Å². The van der Waals surface area contributed by atoms with Gasteiger partial charge in [0.25, 0.3) is 5.91 Å². The second-order valence-corrected chi connectivity index (χ2v) is 5.90. The largest absolute Gasteiger partial charge is 0.396 e. The molecule has 0 saturated carbocycles. The maximum Gasteiger partial charge on any atom is 0.263 e. The number of nitrogens with one attached hydrogen (secondary N) is 2. The Morgan fingerprint density at radius 1 is 1.58 bits per heavy atom. The molecule has 1 unspecified atom stereocenters. The third-order valence-corrected chi connectivity index (χ3v) is 4.54. The summed E-state index contributed by atoms with van der Waals surface area (Å²) in [6.45, 7) is 5.10. The highest BCUT2D eigenvalue weighted by Crippen LogP contribution is 2.41. The lowest BCUT2D eigenvalue weighted by Gasteiger charge is -2.13. The van der Waals surface area contributed by atoms with E-state index in [1.165, 1.54) is 11.3 Å². The molecule has 0 aliphatic rings. The van der Waals surface area contributed by atoms with Gasteiger partial charge in [0.2, 0.25) is 0 Å². The van der Waals surface area contributed by atoms with Crippen molar-refractivity contribution >= 4 is 39.7 Å². The molecule has 0 saturated heterocycles. The Balaban J connectivity index is 2.98. The van der Waals surface area contributed by atoms with Crippen LogP contribution in [0.3, 0.4) is 0 Å². The van der Waals surface area contributed by atoms with Crippen LogP contribution in [0, 0.1) is 0 Å². The number of nitrogens with two attached hydrogens (primary N) is 1. The van der Waals surface area contributed by atoms with Crippen LogP contribution in [0.4, 0.5) is 10.7 Å². The van der Waals surface area contributed by atoms with E-state index in [0.29, 0.717) is 23.7 Å². The SMILES string of the molecule is CCNC(=O)c1sc(NC(C)COC)c(SC)c1N. The molecule has 1 heterocycles. The van der Waals surface area contributed by atoms with Gasteiger partial charge in [-0.3, -0.25) is 4.79 Å². The average molecular weight is 303 g/mol. The number of hydrogen-bond donors (Lipinski definition) is 3.